The van der Waals surface area contributed by atoms with Crippen molar-refractivity contribution in [3.63, 3.8) is 0 Å². The Labute approximate surface area is 124 Å². The predicted octanol–water partition coefficient (Wildman–Crippen LogP) is 3.16. The number of benzene rings is 2. The Morgan fingerprint density at radius 1 is 1.24 bits per heavy atom. The molecule has 0 saturated heterocycles. The fourth-order valence-corrected chi connectivity index (χ4v) is 2.14. The van der Waals surface area contributed by atoms with E-state index >= 15 is 0 Å². The standard InChI is InChI=1S/C17H20N2O2/c1-12-4-3-5-14(10-12)19-17(20)9-7-13-6-8-16(21-2)15(18)11-13/h3-6,8,10-11H,7,9,18H2,1-2H3,(H,19,20). The number of aryl methyl sites for hydroxylation is 2. The number of rotatable bonds is 5. The first-order chi connectivity index (χ1) is 10.1. The van der Waals surface area contributed by atoms with Gasteiger partial charge in [-0.2, -0.15) is 0 Å². The topological polar surface area (TPSA) is 64.3 Å². The first-order valence-electron chi connectivity index (χ1n) is 6.87. The number of carbonyl (C=O) groups excluding carboxylic acids is 1. The van der Waals surface area contributed by atoms with E-state index in [1.54, 1.807) is 7.11 Å². The number of nitrogens with two attached hydrogens (primary N) is 1. The van der Waals surface area contributed by atoms with Gasteiger partial charge in [-0.15, -0.1) is 0 Å². The van der Waals surface area contributed by atoms with Gasteiger partial charge in [0.25, 0.3) is 0 Å². The average molecular weight is 284 g/mol. The monoisotopic (exact) mass is 284 g/mol. The normalized spacial score (nSPS) is 10.2. The van der Waals surface area contributed by atoms with Crippen LogP contribution in [0.2, 0.25) is 0 Å². The van der Waals surface area contributed by atoms with Crippen LogP contribution in [0, 0.1) is 6.92 Å². The number of hydrogen-bond donors (Lipinski definition) is 2. The minimum Gasteiger partial charge on any atom is -0.495 e. The smallest absolute Gasteiger partial charge is 0.224 e. The number of nitrogens with one attached hydrogen (secondary N) is 1. The highest BCUT2D eigenvalue weighted by Crippen LogP contribution is 2.22. The van der Waals surface area contributed by atoms with E-state index in [0.29, 0.717) is 24.3 Å². The first kappa shape index (κ1) is 14.9. The predicted molar refractivity (Wildman–Crippen MR) is 85.5 cm³/mol. The van der Waals surface area contributed by atoms with Crippen molar-refractivity contribution in [3.8, 4) is 5.75 Å². The van der Waals surface area contributed by atoms with Crippen LogP contribution < -0.4 is 15.8 Å². The van der Waals surface area contributed by atoms with E-state index in [9.17, 15) is 4.79 Å². The maximum absolute atomic E-state index is 11.9. The summed E-state index contributed by atoms with van der Waals surface area (Å²) < 4.78 is 5.11. The van der Waals surface area contributed by atoms with E-state index in [1.165, 1.54) is 0 Å². The van der Waals surface area contributed by atoms with Crippen LogP contribution >= 0.6 is 0 Å². The summed E-state index contributed by atoms with van der Waals surface area (Å²) in [5.41, 5.74) is 9.41. The number of hydrogen-bond acceptors (Lipinski definition) is 3. The van der Waals surface area contributed by atoms with Gasteiger partial charge in [-0.1, -0.05) is 18.2 Å². The Balaban J connectivity index is 1.90. The van der Waals surface area contributed by atoms with Crippen LogP contribution in [0.3, 0.4) is 0 Å². The fraction of sp³-hybridized carbons (Fsp3) is 0.235. The SMILES string of the molecule is COc1ccc(CCC(=O)Nc2cccc(C)c2)cc1N. The average Bonchev–Trinajstić information content (AvgIpc) is 2.45. The molecule has 0 aliphatic heterocycles. The summed E-state index contributed by atoms with van der Waals surface area (Å²) in [6.07, 6.45) is 1.06. The summed E-state index contributed by atoms with van der Waals surface area (Å²) in [7, 11) is 1.58. The number of amides is 1. The third-order valence-corrected chi connectivity index (χ3v) is 3.24. The lowest BCUT2D eigenvalue weighted by atomic mass is 10.1. The van der Waals surface area contributed by atoms with E-state index in [-0.39, 0.29) is 5.91 Å². The van der Waals surface area contributed by atoms with Crippen molar-refractivity contribution in [3.05, 3.63) is 53.6 Å². The molecular formula is C17H20N2O2. The van der Waals surface area contributed by atoms with Gasteiger partial charge in [-0.05, 0) is 48.7 Å². The molecule has 110 valence electrons. The van der Waals surface area contributed by atoms with E-state index in [1.807, 2.05) is 49.4 Å². The van der Waals surface area contributed by atoms with Gasteiger partial charge in [0.2, 0.25) is 5.91 Å². The molecule has 0 atom stereocenters. The molecule has 3 N–H and O–H groups in total. The largest absolute Gasteiger partial charge is 0.495 e. The minimum absolute atomic E-state index is 0.00464. The number of anilines is 2. The van der Waals surface area contributed by atoms with E-state index < -0.39 is 0 Å². The molecule has 0 radical (unpaired) electrons. The van der Waals surface area contributed by atoms with Crippen LogP contribution in [0.1, 0.15) is 17.5 Å². The molecule has 0 aliphatic rings. The molecule has 2 aromatic carbocycles. The van der Waals surface area contributed by atoms with Crippen LogP contribution in [0.25, 0.3) is 0 Å². The van der Waals surface area contributed by atoms with Crippen LogP contribution in [0.15, 0.2) is 42.5 Å². The van der Waals surface area contributed by atoms with Crippen molar-refractivity contribution in [2.24, 2.45) is 0 Å². The van der Waals surface area contributed by atoms with Crippen molar-refractivity contribution >= 4 is 17.3 Å². The lowest BCUT2D eigenvalue weighted by Gasteiger charge is -2.08. The molecule has 4 heteroatoms. The quantitative estimate of drug-likeness (QED) is 0.829. The number of nitrogen functional groups attached to an aromatic ring is 1. The Morgan fingerprint density at radius 3 is 2.71 bits per heavy atom. The summed E-state index contributed by atoms with van der Waals surface area (Å²) in [6, 6.07) is 13.3. The number of carbonyl (C=O) groups is 1. The van der Waals surface area contributed by atoms with Gasteiger partial charge < -0.3 is 15.8 Å². The third-order valence-electron chi connectivity index (χ3n) is 3.24. The lowest BCUT2D eigenvalue weighted by molar-refractivity contribution is -0.116. The highest BCUT2D eigenvalue weighted by Gasteiger charge is 2.05. The fourth-order valence-electron chi connectivity index (χ4n) is 2.14. The Hall–Kier alpha value is -2.49. The van der Waals surface area contributed by atoms with Crippen molar-refractivity contribution in [2.75, 3.05) is 18.2 Å². The Bertz CT molecular complexity index is 638. The third kappa shape index (κ3) is 4.24. The maximum atomic E-state index is 11.9. The van der Waals surface area contributed by atoms with Crippen molar-refractivity contribution in [1.82, 2.24) is 0 Å². The van der Waals surface area contributed by atoms with Gasteiger partial charge in [0.15, 0.2) is 0 Å². The van der Waals surface area contributed by atoms with Gasteiger partial charge >= 0.3 is 0 Å². The molecule has 2 rings (SSSR count). The molecular weight excluding hydrogens is 264 g/mol. The molecule has 0 saturated carbocycles. The molecule has 1 amide bonds. The zero-order valence-electron chi connectivity index (χ0n) is 12.3. The summed E-state index contributed by atoms with van der Waals surface area (Å²) >= 11 is 0. The van der Waals surface area contributed by atoms with Gasteiger partial charge in [0.05, 0.1) is 12.8 Å². The second kappa shape index (κ2) is 6.79. The summed E-state index contributed by atoms with van der Waals surface area (Å²) in [5.74, 6) is 0.651. The molecule has 0 fully saturated rings. The molecule has 21 heavy (non-hydrogen) atoms. The second-order valence-electron chi connectivity index (χ2n) is 4.99. The van der Waals surface area contributed by atoms with E-state index in [4.69, 9.17) is 10.5 Å². The zero-order valence-corrected chi connectivity index (χ0v) is 12.3. The molecule has 0 aliphatic carbocycles. The summed E-state index contributed by atoms with van der Waals surface area (Å²) in [6.45, 7) is 2.00. The molecule has 0 bridgehead atoms. The van der Waals surface area contributed by atoms with Crippen LogP contribution in [-0.2, 0) is 11.2 Å². The summed E-state index contributed by atoms with van der Waals surface area (Å²) in [4.78, 5) is 11.9. The molecule has 0 aromatic heterocycles. The highest BCUT2D eigenvalue weighted by atomic mass is 16.5. The second-order valence-corrected chi connectivity index (χ2v) is 4.99. The maximum Gasteiger partial charge on any atom is 0.224 e. The molecule has 0 unspecified atom stereocenters. The number of ether oxygens (including phenoxy) is 1. The van der Waals surface area contributed by atoms with Crippen LogP contribution in [-0.4, -0.2) is 13.0 Å². The van der Waals surface area contributed by atoms with Crippen LogP contribution in [0.4, 0.5) is 11.4 Å². The lowest BCUT2D eigenvalue weighted by Crippen LogP contribution is -2.12. The zero-order chi connectivity index (χ0) is 15.2. The van der Waals surface area contributed by atoms with Gasteiger partial charge in [-0.25, -0.2) is 0 Å². The Morgan fingerprint density at radius 2 is 2.05 bits per heavy atom. The van der Waals surface area contributed by atoms with E-state index in [0.717, 1.165) is 16.8 Å². The van der Waals surface area contributed by atoms with Gasteiger partial charge in [-0.3, -0.25) is 4.79 Å². The van der Waals surface area contributed by atoms with Crippen molar-refractivity contribution < 1.29 is 9.53 Å². The highest BCUT2D eigenvalue weighted by molar-refractivity contribution is 5.90. The minimum atomic E-state index is -0.00464. The van der Waals surface area contributed by atoms with Gasteiger partial charge in [0.1, 0.15) is 5.75 Å². The molecule has 0 heterocycles. The number of methoxy groups -OCH3 is 1. The molecule has 2 aromatic rings. The first-order valence-corrected chi connectivity index (χ1v) is 6.87. The van der Waals surface area contributed by atoms with Gasteiger partial charge in [0, 0.05) is 12.1 Å². The van der Waals surface area contributed by atoms with Crippen molar-refractivity contribution in [1.29, 1.82) is 0 Å². The molecule has 4 nitrogen and oxygen atoms in total. The Kier molecular flexibility index (Phi) is 4.82. The summed E-state index contributed by atoms with van der Waals surface area (Å²) in [5, 5.41) is 2.90. The molecule has 0 spiro atoms. The van der Waals surface area contributed by atoms with Crippen LogP contribution in [0.5, 0.6) is 5.75 Å². The van der Waals surface area contributed by atoms with Crippen molar-refractivity contribution in [2.45, 2.75) is 19.8 Å². The van der Waals surface area contributed by atoms with E-state index in [2.05, 4.69) is 5.32 Å².